The topological polar surface area (TPSA) is 119 Å². The third-order valence-corrected chi connectivity index (χ3v) is 3.71. The molecule has 8 heteroatoms. The highest BCUT2D eigenvalue weighted by atomic mass is 32.2. The van der Waals surface area contributed by atoms with E-state index in [2.05, 4.69) is 11.3 Å². The Morgan fingerprint density at radius 3 is 2.84 bits per heavy atom. The van der Waals surface area contributed by atoms with Gasteiger partial charge in [-0.25, -0.2) is 9.86 Å². The van der Waals surface area contributed by atoms with Crippen LogP contribution in [0.5, 0.6) is 0 Å². The number of hydrogen-bond donors (Lipinski definition) is 3. The van der Waals surface area contributed by atoms with Crippen LogP contribution in [0.4, 0.5) is 0 Å². The summed E-state index contributed by atoms with van der Waals surface area (Å²) >= 11 is 0. The molecule has 1 fully saturated rings. The van der Waals surface area contributed by atoms with E-state index in [1.165, 1.54) is 0 Å². The fraction of sp³-hybridized carbons (Fsp3) is 0.727. The Balaban J connectivity index is 2.49. The number of nitrogens with zero attached hydrogens (tertiary/aromatic N) is 1. The molecule has 0 saturated carbocycles. The van der Waals surface area contributed by atoms with Gasteiger partial charge in [0.05, 0.1) is 6.04 Å². The van der Waals surface area contributed by atoms with Crippen molar-refractivity contribution in [3.63, 3.8) is 0 Å². The molecule has 0 bridgehead atoms. The number of nitrogens with one attached hydrogen (secondary N) is 1. The maximum absolute atomic E-state index is 12.0. The molecule has 0 aromatic rings. The molecule has 0 radical (unpaired) electrons. The van der Waals surface area contributed by atoms with Gasteiger partial charge in [-0.3, -0.25) is 4.79 Å². The van der Waals surface area contributed by atoms with E-state index in [9.17, 15) is 13.2 Å². The Bertz CT molecular complexity index is 424. The minimum Gasteiger partial charge on any atom is -0.341 e. The van der Waals surface area contributed by atoms with Crippen molar-refractivity contribution in [2.75, 3.05) is 19.6 Å². The van der Waals surface area contributed by atoms with Crippen molar-refractivity contribution in [2.24, 2.45) is 16.8 Å². The van der Waals surface area contributed by atoms with E-state index in [0.717, 1.165) is 12.8 Å². The summed E-state index contributed by atoms with van der Waals surface area (Å²) in [4.78, 5) is 13.7. The number of likely N-dealkylation sites (tertiary alicyclic amines) is 1. The molecule has 0 aromatic heterocycles. The predicted octanol–water partition coefficient (Wildman–Crippen LogP) is -1.08. The van der Waals surface area contributed by atoms with E-state index in [4.69, 9.17) is 10.9 Å². The van der Waals surface area contributed by atoms with Crippen molar-refractivity contribution in [2.45, 2.75) is 25.3 Å². The highest BCUT2D eigenvalue weighted by Gasteiger charge is 2.26. The number of hydrogen-bond acceptors (Lipinski definition) is 4. The Labute approximate surface area is 114 Å². The molecule has 1 aliphatic rings. The molecule has 2 unspecified atom stereocenters. The molecule has 1 heterocycles. The molecule has 19 heavy (non-hydrogen) atoms. The van der Waals surface area contributed by atoms with Crippen LogP contribution < -0.4 is 15.6 Å². The van der Waals surface area contributed by atoms with Crippen LogP contribution in [0.3, 0.4) is 0 Å². The van der Waals surface area contributed by atoms with Gasteiger partial charge >= 0.3 is 0 Å². The minimum absolute atomic E-state index is 0.0759. The molecule has 1 amide bonds. The molecular formula is C11H22N4O3S. The van der Waals surface area contributed by atoms with Crippen LogP contribution in [0.15, 0.2) is 12.7 Å². The lowest BCUT2D eigenvalue weighted by atomic mass is 9.97. The fourth-order valence-corrected chi connectivity index (χ4v) is 2.65. The second-order valence-electron chi connectivity index (χ2n) is 4.82. The maximum atomic E-state index is 12.0. The number of carbonyl (C=O) groups is 1. The Hall–Kier alpha value is -0.960. The third-order valence-electron chi connectivity index (χ3n) is 3.14. The second-order valence-corrected chi connectivity index (χ2v) is 6.20. The summed E-state index contributed by atoms with van der Waals surface area (Å²) in [7, 11) is -3.68. The number of nitrogens with two attached hydrogens (primary N) is 2. The van der Waals surface area contributed by atoms with Crippen molar-refractivity contribution < 1.29 is 13.2 Å². The SMILES string of the molecule is C=CCC(N)C(=O)N1CCCC(CNS(N)(=O)=O)C1. The minimum atomic E-state index is -3.68. The zero-order valence-electron chi connectivity index (χ0n) is 10.9. The van der Waals surface area contributed by atoms with Crippen LogP contribution >= 0.6 is 0 Å². The quantitative estimate of drug-likeness (QED) is 0.539. The largest absolute Gasteiger partial charge is 0.341 e. The normalized spacial score (nSPS) is 22.0. The molecule has 0 spiro atoms. The smallest absolute Gasteiger partial charge is 0.274 e. The Morgan fingerprint density at radius 2 is 2.26 bits per heavy atom. The lowest BCUT2D eigenvalue weighted by molar-refractivity contribution is -0.134. The molecule has 2 atom stereocenters. The molecule has 0 aliphatic carbocycles. The first kappa shape index (κ1) is 16.1. The molecule has 1 saturated heterocycles. The van der Waals surface area contributed by atoms with Gasteiger partial charge in [-0.05, 0) is 25.2 Å². The summed E-state index contributed by atoms with van der Waals surface area (Å²) in [5.74, 6) is -0.0350. The van der Waals surface area contributed by atoms with Crippen LogP contribution in [0.2, 0.25) is 0 Å². The van der Waals surface area contributed by atoms with E-state index in [0.29, 0.717) is 19.5 Å². The molecule has 1 aliphatic heterocycles. The Morgan fingerprint density at radius 1 is 1.58 bits per heavy atom. The maximum Gasteiger partial charge on any atom is 0.274 e. The highest BCUT2D eigenvalue weighted by Crippen LogP contribution is 2.17. The number of piperidine rings is 1. The molecular weight excluding hydrogens is 268 g/mol. The first-order chi connectivity index (χ1) is 8.83. The van der Waals surface area contributed by atoms with Gasteiger partial charge in [-0.15, -0.1) is 6.58 Å². The summed E-state index contributed by atoms with van der Waals surface area (Å²) in [6.07, 6.45) is 3.76. The lowest BCUT2D eigenvalue weighted by Crippen LogP contribution is -2.49. The van der Waals surface area contributed by atoms with E-state index in [1.807, 2.05) is 0 Å². The van der Waals surface area contributed by atoms with Gasteiger partial charge in [0, 0.05) is 19.6 Å². The van der Waals surface area contributed by atoms with Crippen molar-refractivity contribution in [3.8, 4) is 0 Å². The molecule has 110 valence electrons. The van der Waals surface area contributed by atoms with Crippen LogP contribution in [0.1, 0.15) is 19.3 Å². The summed E-state index contributed by atoms with van der Waals surface area (Å²) in [5, 5.41) is 4.88. The average molecular weight is 290 g/mol. The van der Waals surface area contributed by atoms with Crippen molar-refractivity contribution in [3.05, 3.63) is 12.7 Å². The monoisotopic (exact) mass is 290 g/mol. The number of amides is 1. The zero-order chi connectivity index (χ0) is 14.5. The summed E-state index contributed by atoms with van der Waals surface area (Å²) in [6.45, 7) is 4.98. The van der Waals surface area contributed by atoms with Gasteiger partial charge in [-0.1, -0.05) is 6.08 Å². The van der Waals surface area contributed by atoms with Crippen molar-refractivity contribution in [1.82, 2.24) is 9.62 Å². The van der Waals surface area contributed by atoms with E-state index >= 15 is 0 Å². The summed E-state index contributed by atoms with van der Waals surface area (Å²) in [6, 6.07) is -0.567. The van der Waals surface area contributed by atoms with Gasteiger partial charge < -0.3 is 10.6 Å². The number of rotatable bonds is 6. The highest BCUT2D eigenvalue weighted by molar-refractivity contribution is 7.87. The second kappa shape index (κ2) is 6.99. The summed E-state index contributed by atoms with van der Waals surface area (Å²) < 4.78 is 23.9. The fourth-order valence-electron chi connectivity index (χ4n) is 2.18. The zero-order valence-corrected chi connectivity index (χ0v) is 11.7. The lowest BCUT2D eigenvalue weighted by Gasteiger charge is -2.34. The van der Waals surface area contributed by atoms with Gasteiger partial charge in [-0.2, -0.15) is 8.42 Å². The molecule has 5 N–H and O–H groups in total. The predicted molar refractivity (Wildman–Crippen MR) is 73.2 cm³/mol. The molecule has 0 aromatic carbocycles. The van der Waals surface area contributed by atoms with E-state index in [-0.39, 0.29) is 18.4 Å². The van der Waals surface area contributed by atoms with Gasteiger partial charge in [0.25, 0.3) is 10.2 Å². The van der Waals surface area contributed by atoms with Gasteiger partial charge in [0.2, 0.25) is 5.91 Å². The van der Waals surface area contributed by atoms with E-state index in [1.54, 1.807) is 11.0 Å². The van der Waals surface area contributed by atoms with Crippen LogP contribution in [-0.4, -0.2) is 44.9 Å². The van der Waals surface area contributed by atoms with Crippen LogP contribution in [0.25, 0.3) is 0 Å². The van der Waals surface area contributed by atoms with Gasteiger partial charge in [0.1, 0.15) is 0 Å². The standard InChI is InChI=1S/C11H22N4O3S/c1-2-4-10(12)11(16)15-6-3-5-9(8-15)7-14-19(13,17)18/h2,9-10,14H,1,3-8,12H2,(H2,13,17,18). The molecule has 1 rings (SSSR count). The van der Waals surface area contributed by atoms with Crippen LogP contribution in [-0.2, 0) is 15.0 Å². The molecule has 7 nitrogen and oxygen atoms in total. The average Bonchev–Trinajstić information content (AvgIpc) is 2.35. The van der Waals surface area contributed by atoms with Crippen LogP contribution in [0, 0.1) is 5.92 Å². The first-order valence-electron chi connectivity index (χ1n) is 6.26. The first-order valence-corrected chi connectivity index (χ1v) is 7.80. The van der Waals surface area contributed by atoms with Crippen molar-refractivity contribution in [1.29, 1.82) is 0 Å². The van der Waals surface area contributed by atoms with Crippen molar-refractivity contribution >= 4 is 16.1 Å². The van der Waals surface area contributed by atoms with Gasteiger partial charge in [0.15, 0.2) is 0 Å². The number of carbonyl (C=O) groups excluding carboxylic acids is 1. The Kier molecular flexibility index (Phi) is 5.92. The third kappa shape index (κ3) is 5.68. The summed E-state index contributed by atoms with van der Waals surface area (Å²) in [5.41, 5.74) is 5.75. The van der Waals surface area contributed by atoms with E-state index < -0.39 is 16.3 Å².